The van der Waals surface area contributed by atoms with Gasteiger partial charge in [0.25, 0.3) is 0 Å². The van der Waals surface area contributed by atoms with Crippen LogP contribution in [-0.2, 0) is 14.3 Å². The Morgan fingerprint density at radius 3 is 2.55 bits per heavy atom. The quantitative estimate of drug-likeness (QED) is 0.422. The van der Waals surface area contributed by atoms with E-state index < -0.39 is 11.6 Å². The Kier molecular flexibility index (Phi) is 4.58. The first-order chi connectivity index (χ1) is 9.55. The summed E-state index contributed by atoms with van der Waals surface area (Å²) in [6, 6.07) is 0. The van der Waals surface area contributed by atoms with Crippen molar-refractivity contribution in [2.75, 3.05) is 0 Å². The molecule has 2 rings (SSSR count). The molecule has 0 aromatic rings. The van der Waals surface area contributed by atoms with Gasteiger partial charge in [-0.3, -0.25) is 4.79 Å². The van der Waals surface area contributed by atoms with Crippen molar-refractivity contribution in [2.45, 2.75) is 57.5 Å². The largest absolute Gasteiger partial charge is 0.447 e. The molecule has 1 atom stereocenters. The summed E-state index contributed by atoms with van der Waals surface area (Å²) in [5, 5.41) is 0. The maximum absolute atomic E-state index is 12.7. The molecule has 0 amide bonds. The van der Waals surface area contributed by atoms with Gasteiger partial charge >= 0.3 is 5.97 Å². The van der Waals surface area contributed by atoms with Crippen molar-refractivity contribution in [3.8, 4) is 0 Å². The van der Waals surface area contributed by atoms with Crippen molar-refractivity contribution in [3.63, 3.8) is 0 Å². The highest BCUT2D eigenvalue weighted by molar-refractivity contribution is 6.03. The third-order valence-electron chi connectivity index (χ3n) is 4.00. The maximum Gasteiger partial charge on any atom is 0.331 e. The minimum Gasteiger partial charge on any atom is -0.447 e. The van der Waals surface area contributed by atoms with E-state index in [4.69, 9.17) is 4.74 Å². The van der Waals surface area contributed by atoms with E-state index >= 15 is 0 Å². The molecule has 20 heavy (non-hydrogen) atoms. The summed E-state index contributed by atoms with van der Waals surface area (Å²) >= 11 is 0. The molecule has 0 saturated carbocycles. The Morgan fingerprint density at radius 1 is 1.30 bits per heavy atom. The molecule has 0 spiro atoms. The zero-order valence-corrected chi connectivity index (χ0v) is 12.1. The van der Waals surface area contributed by atoms with Crippen LogP contribution in [0.5, 0.6) is 0 Å². The van der Waals surface area contributed by atoms with Gasteiger partial charge in [-0.2, -0.15) is 0 Å². The number of hydrogen-bond donors (Lipinski definition) is 0. The first-order valence-electron chi connectivity index (χ1n) is 7.32. The van der Waals surface area contributed by atoms with Crippen LogP contribution in [0.1, 0.15) is 51.9 Å². The third-order valence-corrected chi connectivity index (χ3v) is 4.00. The Hall–Kier alpha value is -1.64. The van der Waals surface area contributed by atoms with Gasteiger partial charge in [0, 0.05) is 12.5 Å². The Balaban J connectivity index is 2.19. The van der Waals surface area contributed by atoms with Gasteiger partial charge in [0.1, 0.15) is 0 Å². The third kappa shape index (κ3) is 3.27. The van der Waals surface area contributed by atoms with Crippen LogP contribution >= 0.6 is 0 Å². The van der Waals surface area contributed by atoms with Crippen LogP contribution in [-0.4, -0.2) is 17.4 Å². The fourth-order valence-corrected chi connectivity index (χ4v) is 2.97. The lowest BCUT2D eigenvalue weighted by Gasteiger charge is -2.29. The number of esters is 1. The second-order valence-corrected chi connectivity index (χ2v) is 5.74. The number of allylic oxidation sites excluding steroid dienone is 2. The van der Waals surface area contributed by atoms with Gasteiger partial charge in [0.15, 0.2) is 5.60 Å². The van der Waals surface area contributed by atoms with Crippen molar-refractivity contribution in [1.29, 1.82) is 0 Å². The molecule has 0 N–H and O–H groups in total. The number of carbonyl (C=O) groups excluding carboxylic acids is 2. The first-order valence-corrected chi connectivity index (χ1v) is 7.32. The lowest BCUT2D eigenvalue weighted by Crippen LogP contribution is -2.41. The summed E-state index contributed by atoms with van der Waals surface area (Å²) in [7, 11) is 0. The molecule has 0 saturated heterocycles. The van der Waals surface area contributed by atoms with E-state index in [9.17, 15) is 9.59 Å². The number of Topliss-reactive ketones (excluding diaryl/α,β-unsaturated/α-hetero) is 1. The molecule has 1 unspecified atom stereocenters. The molecular weight excluding hydrogens is 252 g/mol. The fraction of sp³-hybridized carbons (Fsp3) is 0.529. The van der Waals surface area contributed by atoms with E-state index in [0.717, 1.165) is 50.2 Å². The molecule has 0 heterocycles. The highest BCUT2D eigenvalue weighted by atomic mass is 16.6. The van der Waals surface area contributed by atoms with E-state index in [1.165, 1.54) is 5.57 Å². The molecule has 0 aromatic carbocycles. The van der Waals surface area contributed by atoms with E-state index in [1.54, 1.807) is 6.92 Å². The zero-order valence-electron chi connectivity index (χ0n) is 12.1. The summed E-state index contributed by atoms with van der Waals surface area (Å²) in [6.07, 6.45) is 11.7. The van der Waals surface area contributed by atoms with Crippen LogP contribution in [0.3, 0.4) is 0 Å². The molecule has 3 nitrogen and oxygen atoms in total. The van der Waals surface area contributed by atoms with E-state index in [0.29, 0.717) is 6.42 Å². The Bertz CT molecular complexity index is 484. The van der Waals surface area contributed by atoms with E-state index in [-0.39, 0.29) is 5.78 Å². The van der Waals surface area contributed by atoms with Crippen LogP contribution in [0.25, 0.3) is 0 Å². The zero-order chi connectivity index (χ0) is 14.6. The second-order valence-electron chi connectivity index (χ2n) is 5.74. The molecule has 0 fully saturated rings. The van der Waals surface area contributed by atoms with Crippen LogP contribution in [0, 0.1) is 0 Å². The van der Waals surface area contributed by atoms with Crippen molar-refractivity contribution < 1.29 is 14.3 Å². The number of ether oxygens (including phenoxy) is 1. The van der Waals surface area contributed by atoms with Gasteiger partial charge in [-0.15, -0.1) is 0 Å². The summed E-state index contributed by atoms with van der Waals surface area (Å²) in [5.74, 6) is -0.573. The smallest absolute Gasteiger partial charge is 0.331 e. The molecule has 3 heteroatoms. The molecule has 0 aromatic heterocycles. The molecule has 0 bridgehead atoms. The summed E-state index contributed by atoms with van der Waals surface area (Å²) in [6.45, 7) is 5.15. The first kappa shape index (κ1) is 14.8. The van der Waals surface area contributed by atoms with E-state index in [1.807, 2.05) is 6.08 Å². The van der Waals surface area contributed by atoms with Gasteiger partial charge in [-0.05, 0) is 51.0 Å². The SMILES string of the molecule is C=CC(=O)OC(C)(CC1=CCCC1)C(=O)C1=CCCC1. The van der Waals surface area contributed by atoms with Gasteiger partial charge in [0.05, 0.1) is 0 Å². The van der Waals surface area contributed by atoms with Crippen molar-refractivity contribution in [3.05, 3.63) is 36.0 Å². The highest BCUT2D eigenvalue weighted by Crippen LogP contribution is 2.33. The number of hydrogen-bond acceptors (Lipinski definition) is 3. The molecule has 0 radical (unpaired) electrons. The second kappa shape index (κ2) is 6.21. The molecule has 2 aliphatic carbocycles. The average molecular weight is 274 g/mol. The van der Waals surface area contributed by atoms with Crippen molar-refractivity contribution in [2.24, 2.45) is 0 Å². The summed E-state index contributed by atoms with van der Waals surface area (Å²) in [5.41, 5.74) is 0.941. The van der Waals surface area contributed by atoms with Crippen LogP contribution in [0.2, 0.25) is 0 Å². The Labute approximate surface area is 120 Å². The molecule has 2 aliphatic rings. The number of rotatable bonds is 6. The van der Waals surface area contributed by atoms with Crippen molar-refractivity contribution >= 4 is 11.8 Å². The van der Waals surface area contributed by atoms with Gasteiger partial charge < -0.3 is 4.74 Å². The normalized spacial score (nSPS) is 20.9. The minimum atomic E-state index is -1.09. The van der Waals surface area contributed by atoms with Crippen LogP contribution < -0.4 is 0 Å². The molecular formula is C17H22O3. The predicted octanol–water partition coefficient (Wildman–Crippen LogP) is 3.65. The fourth-order valence-electron chi connectivity index (χ4n) is 2.97. The standard InChI is InChI=1S/C17H22O3/c1-3-15(18)20-17(2,12-13-8-4-5-9-13)16(19)14-10-6-7-11-14/h3,8,10H,1,4-7,9,11-12H2,2H3. The number of ketones is 1. The maximum atomic E-state index is 12.7. The van der Waals surface area contributed by atoms with Crippen LogP contribution in [0.15, 0.2) is 36.0 Å². The monoisotopic (exact) mass is 274 g/mol. The summed E-state index contributed by atoms with van der Waals surface area (Å²) in [4.78, 5) is 24.3. The Morgan fingerprint density at radius 2 is 2.00 bits per heavy atom. The van der Waals surface area contributed by atoms with Crippen LogP contribution in [0.4, 0.5) is 0 Å². The lowest BCUT2D eigenvalue weighted by molar-refractivity contribution is -0.159. The predicted molar refractivity (Wildman–Crippen MR) is 78.2 cm³/mol. The topological polar surface area (TPSA) is 43.4 Å². The van der Waals surface area contributed by atoms with Crippen molar-refractivity contribution in [1.82, 2.24) is 0 Å². The lowest BCUT2D eigenvalue weighted by atomic mass is 9.87. The van der Waals surface area contributed by atoms with E-state index in [2.05, 4.69) is 12.7 Å². The summed E-state index contributed by atoms with van der Waals surface area (Å²) < 4.78 is 5.44. The molecule has 108 valence electrons. The minimum absolute atomic E-state index is 0.0435. The van der Waals surface area contributed by atoms with Gasteiger partial charge in [-0.25, -0.2) is 4.79 Å². The average Bonchev–Trinajstić information content (AvgIpc) is 3.10. The molecule has 0 aliphatic heterocycles. The highest BCUT2D eigenvalue weighted by Gasteiger charge is 2.39. The van der Waals surface area contributed by atoms with Gasteiger partial charge in [0.2, 0.25) is 5.78 Å². The number of carbonyl (C=O) groups is 2. The van der Waals surface area contributed by atoms with Gasteiger partial charge in [-0.1, -0.05) is 24.3 Å².